The molecule has 8 heteroatoms. The fourth-order valence-electron chi connectivity index (χ4n) is 2.27. The molecule has 1 aliphatic rings. The van der Waals surface area contributed by atoms with Gasteiger partial charge in [-0.2, -0.15) is 10.1 Å². The number of carbonyl (C=O) groups excluding carboxylic acids is 2. The van der Waals surface area contributed by atoms with Crippen LogP contribution in [0.3, 0.4) is 0 Å². The molecule has 3 rings (SSSR count). The number of nitrogens with one attached hydrogen (secondary N) is 2. The molecule has 2 heterocycles. The van der Waals surface area contributed by atoms with Gasteiger partial charge in [-0.3, -0.25) is 14.9 Å². The normalized spacial score (nSPS) is 16.6. The van der Waals surface area contributed by atoms with E-state index in [0.717, 1.165) is 0 Å². The van der Waals surface area contributed by atoms with Gasteiger partial charge >= 0.3 is 0 Å². The van der Waals surface area contributed by atoms with Gasteiger partial charge in [0.1, 0.15) is 12.1 Å². The van der Waals surface area contributed by atoms with Crippen LogP contribution >= 0.6 is 0 Å². The van der Waals surface area contributed by atoms with E-state index in [-0.39, 0.29) is 18.2 Å². The molecular weight excluding hydrogens is 286 g/mol. The third kappa shape index (κ3) is 2.90. The zero-order chi connectivity index (χ0) is 15.5. The minimum absolute atomic E-state index is 0.0805. The van der Waals surface area contributed by atoms with Crippen LogP contribution in [-0.2, 0) is 16.1 Å². The van der Waals surface area contributed by atoms with E-state index in [9.17, 15) is 9.59 Å². The SMILES string of the molecule is COc1ccc(NC(=O)C[C@H]2Cn3ncnc3NC2=O)cc1. The van der Waals surface area contributed by atoms with Crippen LogP contribution in [0.4, 0.5) is 11.6 Å². The monoisotopic (exact) mass is 301 g/mol. The van der Waals surface area contributed by atoms with Crippen molar-refractivity contribution < 1.29 is 14.3 Å². The summed E-state index contributed by atoms with van der Waals surface area (Å²) in [5, 5.41) is 9.38. The van der Waals surface area contributed by atoms with Gasteiger partial charge in [0.2, 0.25) is 17.8 Å². The number of fused-ring (bicyclic) bond motifs is 1. The first kappa shape index (κ1) is 14.1. The van der Waals surface area contributed by atoms with Crippen LogP contribution < -0.4 is 15.4 Å². The number of anilines is 2. The third-order valence-corrected chi connectivity index (χ3v) is 3.42. The standard InChI is InChI=1S/C14H15N5O3/c1-22-11-4-2-10(3-5-11)17-12(20)6-9-7-19-14(15-8-16-19)18-13(9)21/h2-5,8-9H,6-7H2,1H3,(H,17,20)(H,15,16,18,21)/t9-/m0/s1. The summed E-state index contributed by atoms with van der Waals surface area (Å²) in [7, 11) is 1.58. The summed E-state index contributed by atoms with van der Waals surface area (Å²) < 4.78 is 6.63. The number of ether oxygens (including phenoxy) is 1. The lowest BCUT2D eigenvalue weighted by Gasteiger charge is -2.21. The molecule has 0 radical (unpaired) electrons. The van der Waals surface area contributed by atoms with Crippen LogP contribution in [-0.4, -0.2) is 33.7 Å². The van der Waals surface area contributed by atoms with Crippen molar-refractivity contribution in [3.05, 3.63) is 30.6 Å². The molecule has 114 valence electrons. The molecule has 22 heavy (non-hydrogen) atoms. The smallest absolute Gasteiger partial charge is 0.232 e. The second-order valence-electron chi connectivity index (χ2n) is 4.93. The molecule has 8 nitrogen and oxygen atoms in total. The highest BCUT2D eigenvalue weighted by atomic mass is 16.5. The summed E-state index contributed by atoms with van der Waals surface area (Å²) in [5.74, 6) is 0.215. The molecule has 2 aromatic rings. The Morgan fingerprint density at radius 3 is 2.95 bits per heavy atom. The Hall–Kier alpha value is -2.90. The van der Waals surface area contributed by atoms with E-state index in [0.29, 0.717) is 23.9 Å². The topological polar surface area (TPSA) is 98.1 Å². The summed E-state index contributed by atoms with van der Waals surface area (Å²) >= 11 is 0. The van der Waals surface area contributed by atoms with E-state index in [1.807, 2.05) is 0 Å². The van der Waals surface area contributed by atoms with Crippen molar-refractivity contribution in [1.82, 2.24) is 14.8 Å². The number of methoxy groups -OCH3 is 1. The number of carbonyl (C=O) groups is 2. The average Bonchev–Trinajstić information content (AvgIpc) is 2.95. The van der Waals surface area contributed by atoms with Crippen LogP contribution in [0.15, 0.2) is 30.6 Å². The van der Waals surface area contributed by atoms with Crippen molar-refractivity contribution in [3.8, 4) is 5.75 Å². The van der Waals surface area contributed by atoms with Gasteiger partial charge in [-0.1, -0.05) is 0 Å². The first-order valence-electron chi connectivity index (χ1n) is 6.78. The maximum Gasteiger partial charge on any atom is 0.232 e. The highest BCUT2D eigenvalue weighted by molar-refractivity contribution is 5.98. The molecule has 0 fully saturated rings. The highest BCUT2D eigenvalue weighted by Gasteiger charge is 2.29. The Labute approximate surface area is 126 Å². The lowest BCUT2D eigenvalue weighted by atomic mass is 10.0. The molecule has 0 spiro atoms. The van der Waals surface area contributed by atoms with E-state index in [4.69, 9.17) is 4.74 Å². The second kappa shape index (κ2) is 5.84. The van der Waals surface area contributed by atoms with E-state index in [1.54, 1.807) is 36.1 Å². The molecule has 1 atom stereocenters. The number of benzene rings is 1. The van der Waals surface area contributed by atoms with Gasteiger partial charge < -0.3 is 10.1 Å². The predicted octanol–water partition coefficient (Wildman–Crippen LogP) is 0.884. The molecule has 1 aromatic heterocycles. The number of hydrogen-bond acceptors (Lipinski definition) is 5. The summed E-state index contributed by atoms with van der Waals surface area (Å²) in [4.78, 5) is 27.9. The Balaban J connectivity index is 1.60. The molecule has 1 aliphatic heterocycles. The van der Waals surface area contributed by atoms with Crippen LogP contribution in [0.2, 0.25) is 0 Å². The van der Waals surface area contributed by atoms with Gasteiger partial charge in [-0.05, 0) is 24.3 Å². The number of hydrogen-bond donors (Lipinski definition) is 2. The number of amides is 2. The molecule has 0 bridgehead atoms. The Morgan fingerprint density at radius 2 is 2.23 bits per heavy atom. The summed E-state index contributed by atoms with van der Waals surface area (Å²) in [6.07, 6.45) is 1.45. The molecule has 0 saturated heterocycles. The van der Waals surface area contributed by atoms with Gasteiger partial charge in [0, 0.05) is 12.1 Å². The molecule has 1 aromatic carbocycles. The van der Waals surface area contributed by atoms with Gasteiger partial charge in [0.25, 0.3) is 0 Å². The van der Waals surface area contributed by atoms with Crippen molar-refractivity contribution in [2.45, 2.75) is 13.0 Å². The number of rotatable bonds is 4. The minimum Gasteiger partial charge on any atom is -0.497 e. The van der Waals surface area contributed by atoms with Gasteiger partial charge in [-0.25, -0.2) is 4.68 Å². The van der Waals surface area contributed by atoms with Gasteiger partial charge in [-0.15, -0.1) is 0 Å². The summed E-state index contributed by atoms with van der Waals surface area (Å²) in [5.41, 5.74) is 0.656. The van der Waals surface area contributed by atoms with Crippen molar-refractivity contribution in [1.29, 1.82) is 0 Å². The number of aromatic nitrogens is 3. The molecular formula is C14H15N5O3. The molecule has 0 unspecified atom stereocenters. The van der Waals surface area contributed by atoms with Crippen LogP contribution in [0, 0.1) is 5.92 Å². The maximum atomic E-state index is 12.1. The fraction of sp³-hybridized carbons (Fsp3) is 0.286. The van der Waals surface area contributed by atoms with Crippen LogP contribution in [0.5, 0.6) is 5.75 Å². The van der Waals surface area contributed by atoms with E-state index in [2.05, 4.69) is 20.7 Å². The van der Waals surface area contributed by atoms with Crippen molar-refractivity contribution in [2.24, 2.45) is 5.92 Å². The quantitative estimate of drug-likeness (QED) is 0.873. The van der Waals surface area contributed by atoms with Crippen molar-refractivity contribution in [2.75, 3.05) is 17.7 Å². The lowest BCUT2D eigenvalue weighted by Crippen LogP contribution is -2.36. The molecule has 0 saturated carbocycles. The molecule has 2 N–H and O–H groups in total. The van der Waals surface area contributed by atoms with E-state index < -0.39 is 5.92 Å². The van der Waals surface area contributed by atoms with E-state index in [1.165, 1.54) is 6.33 Å². The zero-order valence-electron chi connectivity index (χ0n) is 11.9. The van der Waals surface area contributed by atoms with Crippen molar-refractivity contribution >= 4 is 23.5 Å². The summed E-state index contributed by atoms with van der Waals surface area (Å²) in [6.45, 7) is 0.344. The Bertz CT molecular complexity index is 695. The zero-order valence-corrected chi connectivity index (χ0v) is 11.9. The van der Waals surface area contributed by atoms with Crippen molar-refractivity contribution in [3.63, 3.8) is 0 Å². The average molecular weight is 301 g/mol. The van der Waals surface area contributed by atoms with E-state index >= 15 is 0 Å². The van der Waals surface area contributed by atoms with Crippen LogP contribution in [0.25, 0.3) is 0 Å². The molecule has 0 aliphatic carbocycles. The minimum atomic E-state index is -0.465. The maximum absolute atomic E-state index is 12.1. The Morgan fingerprint density at radius 1 is 1.45 bits per heavy atom. The molecule has 2 amide bonds. The summed E-state index contributed by atoms with van der Waals surface area (Å²) in [6, 6.07) is 7.00. The fourth-order valence-corrected chi connectivity index (χ4v) is 2.27. The third-order valence-electron chi connectivity index (χ3n) is 3.42. The van der Waals surface area contributed by atoms with Crippen LogP contribution in [0.1, 0.15) is 6.42 Å². The van der Waals surface area contributed by atoms with Gasteiger partial charge in [0.05, 0.1) is 19.6 Å². The van der Waals surface area contributed by atoms with Gasteiger partial charge in [0.15, 0.2) is 0 Å². The first-order chi connectivity index (χ1) is 10.7. The Kier molecular flexibility index (Phi) is 3.73. The second-order valence-corrected chi connectivity index (χ2v) is 4.93. The first-order valence-corrected chi connectivity index (χ1v) is 6.78. The number of nitrogens with zero attached hydrogens (tertiary/aromatic N) is 3. The largest absolute Gasteiger partial charge is 0.497 e. The predicted molar refractivity (Wildman–Crippen MR) is 78.4 cm³/mol. The highest BCUT2D eigenvalue weighted by Crippen LogP contribution is 2.20. The lowest BCUT2D eigenvalue weighted by molar-refractivity contribution is -0.125.